The van der Waals surface area contributed by atoms with Crippen molar-refractivity contribution in [3.63, 3.8) is 0 Å². The van der Waals surface area contributed by atoms with Crippen LogP contribution in [0.2, 0.25) is 0 Å². The topological polar surface area (TPSA) is 64.7 Å². The zero-order valence-corrected chi connectivity index (χ0v) is 24.1. The second kappa shape index (κ2) is 10.2. The maximum Gasteiger partial charge on any atom is 0.164 e. The van der Waals surface area contributed by atoms with Gasteiger partial charge in [0.25, 0.3) is 0 Å². The molecule has 0 unspecified atom stereocenters. The van der Waals surface area contributed by atoms with Crippen molar-refractivity contribution in [2.45, 2.75) is 0 Å². The van der Waals surface area contributed by atoms with E-state index in [1.165, 1.54) is 10.8 Å². The molecule has 3 aromatic heterocycles. The molecule has 0 spiro atoms. The van der Waals surface area contributed by atoms with Gasteiger partial charge in [-0.25, -0.2) is 15.0 Å². The zero-order valence-electron chi connectivity index (χ0n) is 24.1. The molecule has 9 aromatic rings. The fraction of sp³-hybridized carbons (Fsp3) is 0. The van der Waals surface area contributed by atoms with E-state index in [0.717, 1.165) is 60.5 Å². The van der Waals surface area contributed by atoms with Gasteiger partial charge in [-0.3, -0.25) is 4.98 Å². The van der Waals surface area contributed by atoms with Gasteiger partial charge in [0.1, 0.15) is 5.58 Å². The Kier molecular flexibility index (Phi) is 5.74. The van der Waals surface area contributed by atoms with E-state index in [4.69, 9.17) is 19.4 Å². The summed E-state index contributed by atoms with van der Waals surface area (Å²) >= 11 is 0. The Morgan fingerprint density at radius 2 is 1.16 bits per heavy atom. The zero-order chi connectivity index (χ0) is 29.7. The molecule has 9 rings (SSSR count). The van der Waals surface area contributed by atoms with Crippen LogP contribution in [0, 0.1) is 0 Å². The molecule has 0 aliphatic carbocycles. The number of hydrogen-bond donors (Lipinski definition) is 0. The van der Waals surface area contributed by atoms with Gasteiger partial charge in [-0.1, -0.05) is 103 Å². The van der Waals surface area contributed by atoms with Crippen LogP contribution in [0.5, 0.6) is 0 Å². The first-order chi connectivity index (χ1) is 22.3. The van der Waals surface area contributed by atoms with E-state index in [2.05, 4.69) is 114 Å². The highest BCUT2D eigenvalue weighted by Gasteiger charge is 2.19. The number of fused-ring (bicyclic) bond motifs is 5. The predicted octanol–water partition coefficient (Wildman–Crippen LogP) is 10.1. The first-order valence-corrected chi connectivity index (χ1v) is 14.9. The fourth-order valence-electron chi connectivity index (χ4n) is 6.25. The quantitative estimate of drug-likeness (QED) is 0.209. The molecule has 0 N–H and O–H groups in total. The van der Waals surface area contributed by atoms with Crippen LogP contribution in [0.15, 0.2) is 150 Å². The molecule has 0 aliphatic heterocycles. The van der Waals surface area contributed by atoms with Crippen molar-refractivity contribution >= 4 is 43.5 Å². The lowest BCUT2D eigenvalue weighted by Crippen LogP contribution is -2.01. The first kappa shape index (κ1) is 25.3. The number of pyridine rings is 1. The largest absolute Gasteiger partial charge is 0.454 e. The number of aromatic nitrogens is 4. The maximum atomic E-state index is 6.17. The molecule has 5 heteroatoms. The molecule has 0 saturated carbocycles. The van der Waals surface area contributed by atoms with E-state index < -0.39 is 0 Å². The molecule has 5 nitrogen and oxygen atoms in total. The second-order valence-electron chi connectivity index (χ2n) is 11.1. The molecule has 0 amide bonds. The van der Waals surface area contributed by atoms with Gasteiger partial charge in [0, 0.05) is 33.7 Å². The van der Waals surface area contributed by atoms with Crippen molar-refractivity contribution in [2.75, 3.05) is 0 Å². The van der Waals surface area contributed by atoms with E-state index in [1.54, 1.807) is 12.4 Å². The van der Waals surface area contributed by atoms with Gasteiger partial charge in [-0.15, -0.1) is 0 Å². The van der Waals surface area contributed by atoms with Crippen molar-refractivity contribution in [1.29, 1.82) is 0 Å². The Bertz CT molecular complexity index is 2550. The fourth-order valence-corrected chi connectivity index (χ4v) is 6.25. The van der Waals surface area contributed by atoms with E-state index in [0.29, 0.717) is 17.5 Å². The molecule has 210 valence electrons. The van der Waals surface area contributed by atoms with Crippen LogP contribution in [0.4, 0.5) is 0 Å². The minimum Gasteiger partial charge on any atom is -0.454 e. The molecule has 0 atom stereocenters. The van der Waals surface area contributed by atoms with E-state index in [9.17, 15) is 0 Å². The summed E-state index contributed by atoms with van der Waals surface area (Å²) in [6, 6.07) is 46.0. The molecule has 0 bridgehead atoms. The van der Waals surface area contributed by atoms with Crippen LogP contribution in [-0.2, 0) is 0 Å². The van der Waals surface area contributed by atoms with Crippen molar-refractivity contribution in [1.82, 2.24) is 19.9 Å². The molecule has 45 heavy (non-hydrogen) atoms. The molecule has 3 heterocycles. The molecule has 0 radical (unpaired) electrons. The van der Waals surface area contributed by atoms with Crippen molar-refractivity contribution in [2.24, 2.45) is 0 Å². The number of rotatable bonds is 4. The summed E-state index contributed by atoms with van der Waals surface area (Å²) in [5, 5.41) is 6.53. The van der Waals surface area contributed by atoms with Gasteiger partial charge in [-0.05, 0) is 63.0 Å². The Balaban J connectivity index is 1.33. The van der Waals surface area contributed by atoms with Crippen LogP contribution in [-0.4, -0.2) is 19.9 Å². The number of furan rings is 1. The van der Waals surface area contributed by atoms with Crippen molar-refractivity contribution < 1.29 is 4.42 Å². The Morgan fingerprint density at radius 3 is 2.04 bits per heavy atom. The van der Waals surface area contributed by atoms with Crippen molar-refractivity contribution in [3.8, 4) is 45.3 Å². The normalized spacial score (nSPS) is 11.6. The van der Waals surface area contributed by atoms with Crippen molar-refractivity contribution in [3.05, 3.63) is 146 Å². The van der Waals surface area contributed by atoms with Gasteiger partial charge in [0.2, 0.25) is 0 Å². The average molecular weight is 577 g/mol. The van der Waals surface area contributed by atoms with E-state index >= 15 is 0 Å². The molecule has 0 fully saturated rings. The van der Waals surface area contributed by atoms with Crippen LogP contribution >= 0.6 is 0 Å². The lowest BCUT2D eigenvalue weighted by Gasteiger charge is -2.13. The standard InChI is InChI=1S/C40H24N4O/c1-2-10-26(11-3-1)34-23-30(22-28-13-6-7-14-31(28)34)39-42-38(29-18-17-25-9-4-5-12-27(25)21-29)43-40(44-39)33-15-8-16-35-37(33)32-19-20-41-24-36(32)45-35/h1-24H. The van der Waals surface area contributed by atoms with Gasteiger partial charge in [-0.2, -0.15) is 0 Å². The molecular formula is C40H24N4O. The van der Waals surface area contributed by atoms with Crippen LogP contribution in [0.1, 0.15) is 0 Å². The lowest BCUT2D eigenvalue weighted by atomic mass is 9.95. The Labute approximate surface area is 258 Å². The van der Waals surface area contributed by atoms with E-state index in [1.807, 2.05) is 24.3 Å². The summed E-state index contributed by atoms with van der Waals surface area (Å²) < 4.78 is 6.17. The van der Waals surface area contributed by atoms with Crippen LogP contribution < -0.4 is 0 Å². The number of benzene rings is 6. The summed E-state index contributed by atoms with van der Waals surface area (Å²) in [7, 11) is 0. The summed E-state index contributed by atoms with van der Waals surface area (Å²) in [4.78, 5) is 19.7. The molecular weight excluding hydrogens is 552 g/mol. The average Bonchev–Trinajstić information content (AvgIpc) is 3.50. The van der Waals surface area contributed by atoms with Crippen LogP contribution in [0.25, 0.3) is 88.8 Å². The number of hydrogen-bond acceptors (Lipinski definition) is 5. The molecule has 0 saturated heterocycles. The summed E-state index contributed by atoms with van der Waals surface area (Å²) in [6.45, 7) is 0. The lowest BCUT2D eigenvalue weighted by molar-refractivity contribution is 0.667. The van der Waals surface area contributed by atoms with Gasteiger partial charge >= 0.3 is 0 Å². The monoisotopic (exact) mass is 576 g/mol. The molecule has 0 aliphatic rings. The third kappa shape index (κ3) is 4.33. The minimum absolute atomic E-state index is 0.586. The summed E-state index contributed by atoms with van der Waals surface area (Å²) in [5.74, 6) is 1.81. The highest BCUT2D eigenvalue weighted by atomic mass is 16.3. The number of nitrogens with zero attached hydrogens (tertiary/aromatic N) is 4. The summed E-state index contributed by atoms with van der Waals surface area (Å²) in [6.07, 6.45) is 3.53. The van der Waals surface area contributed by atoms with Gasteiger partial charge in [0.05, 0.1) is 6.20 Å². The third-order valence-corrected chi connectivity index (χ3v) is 8.39. The SMILES string of the molecule is c1ccc(-c2cc(-c3nc(-c4ccc5ccccc5c4)nc(-c4cccc5oc6cnccc6c45)n3)cc3ccccc23)cc1. The maximum absolute atomic E-state index is 6.17. The van der Waals surface area contributed by atoms with Crippen LogP contribution in [0.3, 0.4) is 0 Å². The Hall–Kier alpha value is -6.20. The third-order valence-electron chi connectivity index (χ3n) is 8.39. The summed E-state index contributed by atoms with van der Waals surface area (Å²) in [5.41, 5.74) is 6.50. The highest BCUT2D eigenvalue weighted by molar-refractivity contribution is 6.11. The first-order valence-electron chi connectivity index (χ1n) is 14.9. The Morgan fingerprint density at radius 1 is 0.422 bits per heavy atom. The predicted molar refractivity (Wildman–Crippen MR) is 182 cm³/mol. The highest BCUT2D eigenvalue weighted by Crippen LogP contribution is 2.38. The van der Waals surface area contributed by atoms with Gasteiger partial charge < -0.3 is 4.42 Å². The smallest absolute Gasteiger partial charge is 0.164 e. The van der Waals surface area contributed by atoms with Gasteiger partial charge in [0.15, 0.2) is 23.1 Å². The minimum atomic E-state index is 0.586. The molecule has 6 aromatic carbocycles. The second-order valence-corrected chi connectivity index (χ2v) is 11.1. The van der Waals surface area contributed by atoms with E-state index in [-0.39, 0.29) is 0 Å².